The molecule has 0 radical (unpaired) electrons. The molecule has 3 aromatic rings. The van der Waals surface area contributed by atoms with Gasteiger partial charge < -0.3 is 9.64 Å². The summed E-state index contributed by atoms with van der Waals surface area (Å²) in [6.07, 6.45) is 5.60. The quantitative estimate of drug-likeness (QED) is 0.377. The molecular weight excluding hydrogens is 442 g/mol. The lowest BCUT2D eigenvalue weighted by atomic mass is 9.87. The Balaban J connectivity index is 0.00000363. The number of ether oxygens (including phenoxy) is 1. The Morgan fingerprint density at radius 2 is 1.81 bits per heavy atom. The van der Waals surface area contributed by atoms with Crippen LogP contribution in [0.15, 0.2) is 24.5 Å². The second-order valence-corrected chi connectivity index (χ2v) is 9.41. The average Bonchev–Trinajstić information content (AvgIpc) is 3.23. The Morgan fingerprint density at radius 1 is 1.06 bits per heavy atom. The van der Waals surface area contributed by atoms with E-state index in [0.717, 1.165) is 42.9 Å². The van der Waals surface area contributed by atoms with E-state index >= 15 is 0 Å². The molecule has 0 amide bonds. The highest BCUT2D eigenvalue weighted by molar-refractivity contribution is 7.07. The number of aryl methyl sites for hydroxylation is 2. The number of nitrogens with zero attached hydrogens (tertiary/aromatic N) is 5. The highest BCUT2D eigenvalue weighted by Gasteiger charge is 2.21. The first-order chi connectivity index (χ1) is 14.7. The van der Waals surface area contributed by atoms with Crippen molar-refractivity contribution in [1.82, 2.24) is 24.2 Å². The zero-order valence-corrected chi connectivity index (χ0v) is 21.7. The maximum atomic E-state index is 6.08. The van der Waals surface area contributed by atoms with Crippen molar-refractivity contribution in [2.24, 2.45) is 0 Å². The van der Waals surface area contributed by atoms with Crippen LogP contribution in [0.2, 0.25) is 0 Å². The van der Waals surface area contributed by atoms with E-state index < -0.39 is 0 Å². The van der Waals surface area contributed by atoms with E-state index in [1.165, 1.54) is 22.7 Å². The summed E-state index contributed by atoms with van der Waals surface area (Å²) < 4.78 is 10.5. The lowest BCUT2D eigenvalue weighted by Crippen LogP contribution is -2.20. The SMILES string of the molecule is CCN(C)CCc1cc(C)c(Oc2nc(-c3cnc(C(C)(C)CC)cn3)ns2)cc1C.Cl. The molecule has 0 N–H and O–H groups in total. The minimum absolute atomic E-state index is 0. The van der Waals surface area contributed by atoms with Crippen LogP contribution in [-0.2, 0) is 11.8 Å². The van der Waals surface area contributed by atoms with Crippen molar-refractivity contribution in [2.45, 2.75) is 59.8 Å². The fourth-order valence-corrected chi connectivity index (χ4v) is 3.67. The Hall–Kier alpha value is -2.09. The van der Waals surface area contributed by atoms with E-state index in [1.807, 2.05) is 6.20 Å². The summed E-state index contributed by atoms with van der Waals surface area (Å²) in [6, 6.07) is 4.31. The maximum Gasteiger partial charge on any atom is 0.299 e. The van der Waals surface area contributed by atoms with E-state index in [2.05, 4.69) is 84.9 Å². The lowest BCUT2D eigenvalue weighted by Gasteiger charge is -2.21. The molecule has 2 heterocycles. The van der Waals surface area contributed by atoms with Crippen molar-refractivity contribution in [1.29, 1.82) is 0 Å². The molecule has 0 fully saturated rings. The lowest BCUT2D eigenvalue weighted by molar-refractivity contribution is 0.357. The molecule has 0 aliphatic rings. The number of halogens is 1. The number of likely N-dealkylation sites (N-methyl/N-ethyl adjacent to an activating group) is 1. The summed E-state index contributed by atoms with van der Waals surface area (Å²) in [7, 11) is 2.15. The predicted octanol–water partition coefficient (Wildman–Crippen LogP) is 6.01. The molecule has 0 saturated heterocycles. The fourth-order valence-electron chi connectivity index (χ4n) is 3.12. The highest BCUT2D eigenvalue weighted by atomic mass is 35.5. The molecular formula is C24H34ClN5OS. The van der Waals surface area contributed by atoms with Crippen LogP contribution >= 0.6 is 23.9 Å². The Bertz CT molecular complexity index is 1020. The van der Waals surface area contributed by atoms with Crippen LogP contribution in [0.25, 0.3) is 11.5 Å². The maximum absolute atomic E-state index is 6.08. The molecule has 0 aliphatic heterocycles. The van der Waals surface area contributed by atoms with Gasteiger partial charge in [-0.1, -0.05) is 33.8 Å². The van der Waals surface area contributed by atoms with E-state index in [-0.39, 0.29) is 17.8 Å². The van der Waals surface area contributed by atoms with E-state index in [1.54, 1.807) is 6.20 Å². The zero-order valence-electron chi connectivity index (χ0n) is 20.1. The van der Waals surface area contributed by atoms with Gasteiger partial charge in [-0.25, -0.2) is 4.98 Å². The fraction of sp³-hybridized carbons (Fsp3) is 0.500. The van der Waals surface area contributed by atoms with Crippen LogP contribution in [0.1, 0.15) is 56.5 Å². The van der Waals surface area contributed by atoms with Gasteiger partial charge in [-0.2, -0.15) is 9.36 Å². The van der Waals surface area contributed by atoms with Crippen molar-refractivity contribution < 1.29 is 4.74 Å². The summed E-state index contributed by atoms with van der Waals surface area (Å²) in [5.41, 5.74) is 5.32. The molecule has 0 spiro atoms. The van der Waals surface area contributed by atoms with Crippen molar-refractivity contribution in [3.63, 3.8) is 0 Å². The van der Waals surface area contributed by atoms with Gasteiger partial charge in [0.2, 0.25) is 0 Å². The van der Waals surface area contributed by atoms with Crippen LogP contribution in [0, 0.1) is 13.8 Å². The molecule has 3 rings (SSSR count). The molecule has 6 nitrogen and oxygen atoms in total. The third-order valence-corrected chi connectivity index (χ3v) is 6.59. The van der Waals surface area contributed by atoms with Gasteiger partial charge >= 0.3 is 0 Å². The molecule has 0 aliphatic carbocycles. The van der Waals surface area contributed by atoms with Crippen LogP contribution in [-0.4, -0.2) is 44.4 Å². The van der Waals surface area contributed by atoms with Crippen LogP contribution < -0.4 is 4.74 Å². The minimum atomic E-state index is 0. The van der Waals surface area contributed by atoms with Gasteiger partial charge in [0.05, 0.1) is 11.9 Å². The van der Waals surface area contributed by atoms with Gasteiger partial charge in [-0.15, -0.1) is 12.4 Å². The van der Waals surface area contributed by atoms with Crippen LogP contribution in [0.3, 0.4) is 0 Å². The van der Waals surface area contributed by atoms with E-state index in [9.17, 15) is 0 Å². The van der Waals surface area contributed by atoms with Crippen molar-refractivity contribution in [3.8, 4) is 22.5 Å². The summed E-state index contributed by atoms with van der Waals surface area (Å²) >= 11 is 1.23. The first-order valence-electron chi connectivity index (χ1n) is 10.9. The van der Waals surface area contributed by atoms with Gasteiger partial charge in [0, 0.05) is 29.7 Å². The smallest absolute Gasteiger partial charge is 0.299 e. The largest absolute Gasteiger partial charge is 0.430 e. The Morgan fingerprint density at radius 3 is 2.44 bits per heavy atom. The molecule has 0 saturated carbocycles. The van der Waals surface area contributed by atoms with Crippen molar-refractivity contribution >= 4 is 23.9 Å². The van der Waals surface area contributed by atoms with E-state index in [4.69, 9.17) is 4.74 Å². The summed E-state index contributed by atoms with van der Waals surface area (Å²) in [6.45, 7) is 15.0. The summed E-state index contributed by atoms with van der Waals surface area (Å²) in [4.78, 5) is 16.0. The van der Waals surface area contributed by atoms with Crippen molar-refractivity contribution in [3.05, 3.63) is 46.9 Å². The average molecular weight is 476 g/mol. The first kappa shape index (κ1) is 26.2. The standard InChI is InChI=1S/C24H33N5OS.ClH/c1-8-24(5,6)21-15-25-19(14-26-21)22-27-23(31-28-22)30-20-13-16(3)18(12-17(20)4)10-11-29(7)9-2;/h12-15H,8-11H2,1-7H3;1H. The summed E-state index contributed by atoms with van der Waals surface area (Å²) in [5, 5.41) is 0.510. The minimum Gasteiger partial charge on any atom is -0.430 e. The third kappa shape index (κ3) is 6.24. The Labute approximate surface area is 202 Å². The second-order valence-electron chi connectivity index (χ2n) is 8.70. The summed E-state index contributed by atoms with van der Waals surface area (Å²) in [5.74, 6) is 1.36. The number of rotatable bonds is 9. The number of hydrogen-bond donors (Lipinski definition) is 0. The molecule has 32 heavy (non-hydrogen) atoms. The van der Waals surface area contributed by atoms with Crippen LogP contribution in [0.4, 0.5) is 0 Å². The van der Waals surface area contributed by atoms with Gasteiger partial charge in [0.25, 0.3) is 5.19 Å². The molecule has 8 heteroatoms. The number of aromatic nitrogens is 4. The highest BCUT2D eigenvalue weighted by Crippen LogP contribution is 2.31. The van der Waals surface area contributed by atoms with Gasteiger partial charge in [0.15, 0.2) is 5.82 Å². The van der Waals surface area contributed by atoms with Gasteiger partial charge in [-0.3, -0.25) is 4.98 Å². The van der Waals surface area contributed by atoms with Gasteiger partial charge in [-0.05, 0) is 63.0 Å². The van der Waals surface area contributed by atoms with Crippen LogP contribution in [0.5, 0.6) is 10.9 Å². The zero-order chi connectivity index (χ0) is 22.6. The first-order valence-corrected chi connectivity index (χ1v) is 11.6. The molecule has 0 unspecified atom stereocenters. The van der Waals surface area contributed by atoms with Gasteiger partial charge in [0.1, 0.15) is 11.4 Å². The molecule has 2 aromatic heterocycles. The van der Waals surface area contributed by atoms with E-state index in [0.29, 0.717) is 16.7 Å². The molecule has 0 atom stereocenters. The topological polar surface area (TPSA) is 64.0 Å². The molecule has 174 valence electrons. The monoisotopic (exact) mass is 475 g/mol. The second kappa shape index (κ2) is 11.2. The molecule has 0 bridgehead atoms. The Kier molecular flexibility index (Phi) is 9.13. The third-order valence-electron chi connectivity index (χ3n) is 6.00. The predicted molar refractivity (Wildman–Crippen MR) is 134 cm³/mol. The molecule has 1 aromatic carbocycles. The van der Waals surface area contributed by atoms with Crippen molar-refractivity contribution in [2.75, 3.05) is 20.1 Å². The normalized spacial score (nSPS) is 11.5. The number of benzene rings is 1. The number of hydrogen-bond acceptors (Lipinski definition) is 7.